The summed E-state index contributed by atoms with van der Waals surface area (Å²) in [4.78, 5) is 12.7. The molecule has 0 unspecified atom stereocenters. The highest BCUT2D eigenvalue weighted by Crippen LogP contribution is 2.38. The predicted molar refractivity (Wildman–Crippen MR) is 152 cm³/mol. The highest BCUT2D eigenvalue weighted by molar-refractivity contribution is 5.89. The van der Waals surface area contributed by atoms with E-state index in [0.29, 0.717) is 43.4 Å². The summed E-state index contributed by atoms with van der Waals surface area (Å²) in [5.41, 5.74) is 2.42. The number of ether oxygens (including phenoxy) is 2. The molecule has 0 atom stereocenters. The minimum Gasteiger partial charge on any atom is -0.491 e. The van der Waals surface area contributed by atoms with E-state index >= 15 is 4.39 Å². The van der Waals surface area contributed by atoms with Gasteiger partial charge >= 0.3 is 5.97 Å². The van der Waals surface area contributed by atoms with Gasteiger partial charge in [-0.25, -0.2) is 18.0 Å². The van der Waals surface area contributed by atoms with Crippen molar-refractivity contribution in [1.82, 2.24) is 0 Å². The monoisotopic (exact) mass is 552 g/mol. The van der Waals surface area contributed by atoms with Crippen LogP contribution in [0, 0.1) is 24.4 Å². The molecule has 0 N–H and O–H groups in total. The van der Waals surface area contributed by atoms with E-state index in [1.54, 1.807) is 24.3 Å². The molecule has 0 bridgehead atoms. The lowest BCUT2D eigenvalue weighted by molar-refractivity contribution is 0.0193. The van der Waals surface area contributed by atoms with Crippen LogP contribution in [0.4, 0.5) is 13.2 Å². The van der Waals surface area contributed by atoms with Crippen molar-refractivity contribution in [3.05, 3.63) is 88.7 Å². The highest BCUT2D eigenvalue weighted by atomic mass is 19.2. The maximum atomic E-state index is 15.1. The van der Waals surface area contributed by atoms with Crippen LogP contribution in [0.1, 0.15) is 98.5 Å². The van der Waals surface area contributed by atoms with Gasteiger partial charge in [-0.05, 0) is 74.3 Å². The number of esters is 1. The second kappa shape index (κ2) is 14.4. The molecule has 4 rings (SSSR count). The summed E-state index contributed by atoms with van der Waals surface area (Å²) in [6.07, 6.45) is 8.54. The zero-order valence-corrected chi connectivity index (χ0v) is 23.5. The largest absolute Gasteiger partial charge is 0.491 e. The van der Waals surface area contributed by atoms with Gasteiger partial charge < -0.3 is 9.47 Å². The van der Waals surface area contributed by atoms with Crippen LogP contribution in [0.3, 0.4) is 0 Å². The molecule has 1 saturated carbocycles. The molecule has 0 spiro atoms. The third kappa shape index (κ3) is 7.67. The van der Waals surface area contributed by atoms with Crippen LogP contribution >= 0.6 is 0 Å². The van der Waals surface area contributed by atoms with Crippen LogP contribution in [0.15, 0.2) is 54.6 Å². The summed E-state index contributed by atoms with van der Waals surface area (Å²) in [5, 5.41) is 0. The number of hydrogen-bond donors (Lipinski definition) is 0. The van der Waals surface area contributed by atoms with Crippen molar-refractivity contribution in [3.8, 4) is 16.9 Å². The first kappa shape index (κ1) is 29.7. The molecule has 1 fully saturated rings. The summed E-state index contributed by atoms with van der Waals surface area (Å²) in [7, 11) is 0. The van der Waals surface area contributed by atoms with Crippen molar-refractivity contribution < 1.29 is 27.4 Å². The van der Waals surface area contributed by atoms with Crippen molar-refractivity contribution in [3.63, 3.8) is 0 Å². The molecule has 214 valence electrons. The zero-order chi connectivity index (χ0) is 28.5. The number of halogens is 3. The van der Waals surface area contributed by atoms with Gasteiger partial charge in [0.2, 0.25) is 0 Å². The Bertz CT molecular complexity index is 1260. The minimum atomic E-state index is -0.837. The summed E-state index contributed by atoms with van der Waals surface area (Å²) in [6, 6.07) is 14.8. The Morgan fingerprint density at radius 2 is 1.52 bits per heavy atom. The zero-order valence-electron chi connectivity index (χ0n) is 23.5. The van der Waals surface area contributed by atoms with E-state index in [2.05, 4.69) is 6.92 Å². The van der Waals surface area contributed by atoms with E-state index in [1.165, 1.54) is 31.4 Å². The molecule has 3 aromatic carbocycles. The van der Waals surface area contributed by atoms with Crippen molar-refractivity contribution in [2.45, 2.75) is 90.1 Å². The van der Waals surface area contributed by atoms with Crippen molar-refractivity contribution in [2.75, 3.05) is 6.61 Å². The minimum absolute atomic E-state index is 0.131. The third-order valence-corrected chi connectivity index (χ3v) is 7.79. The van der Waals surface area contributed by atoms with Crippen molar-refractivity contribution in [1.29, 1.82) is 0 Å². The first-order valence-corrected chi connectivity index (χ1v) is 14.6. The molecule has 1 aliphatic rings. The highest BCUT2D eigenvalue weighted by Gasteiger charge is 2.28. The van der Waals surface area contributed by atoms with Crippen LogP contribution in [0.2, 0.25) is 0 Å². The molecule has 0 aliphatic heterocycles. The van der Waals surface area contributed by atoms with E-state index in [-0.39, 0.29) is 28.9 Å². The Hall–Kier alpha value is -3.28. The Kier molecular flexibility index (Phi) is 10.7. The van der Waals surface area contributed by atoms with Gasteiger partial charge in [0.05, 0.1) is 12.2 Å². The average molecular weight is 553 g/mol. The normalized spacial score (nSPS) is 17.0. The smallest absolute Gasteiger partial charge is 0.338 e. The average Bonchev–Trinajstić information content (AvgIpc) is 2.96. The Balaban J connectivity index is 1.27. The molecule has 3 nitrogen and oxygen atoms in total. The Morgan fingerprint density at radius 1 is 0.825 bits per heavy atom. The molecular formula is C34H39F3O3. The van der Waals surface area contributed by atoms with E-state index < -0.39 is 23.4 Å². The number of carbonyl (C=O) groups is 1. The molecule has 40 heavy (non-hydrogen) atoms. The molecular weight excluding hydrogens is 513 g/mol. The van der Waals surface area contributed by atoms with Gasteiger partial charge in [-0.15, -0.1) is 0 Å². The Labute approximate surface area is 235 Å². The fourth-order valence-electron chi connectivity index (χ4n) is 5.36. The van der Waals surface area contributed by atoms with Crippen LogP contribution < -0.4 is 4.74 Å². The van der Waals surface area contributed by atoms with Gasteiger partial charge in [-0.3, -0.25) is 0 Å². The maximum Gasteiger partial charge on any atom is 0.338 e. The van der Waals surface area contributed by atoms with E-state index in [4.69, 9.17) is 9.47 Å². The lowest BCUT2D eigenvalue weighted by Crippen LogP contribution is -2.24. The van der Waals surface area contributed by atoms with E-state index in [0.717, 1.165) is 30.9 Å². The van der Waals surface area contributed by atoms with E-state index in [1.807, 2.05) is 19.1 Å². The summed E-state index contributed by atoms with van der Waals surface area (Å²) in [5.74, 6) is -2.85. The maximum absolute atomic E-state index is 15.1. The summed E-state index contributed by atoms with van der Waals surface area (Å²) >= 11 is 0. The van der Waals surface area contributed by atoms with Gasteiger partial charge in [0.1, 0.15) is 6.10 Å². The second-order valence-electron chi connectivity index (χ2n) is 10.8. The Morgan fingerprint density at radius 3 is 2.23 bits per heavy atom. The molecule has 6 heteroatoms. The predicted octanol–water partition coefficient (Wildman–Crippen LogP) is 9.70. The number of unbranched alkanes of at least 4 members (excludes halogenated alkanes) is 5. The molecule has 0 heterocycles. The number of hydrogen-bond acceptors (Lipinski definition) is 3. The molecule has 0 radical (unpaired) electrons. The molecule has 0 aromatic heterocycles. The fourth-order valence-corrected chi connectivity index (χ4v) is 5.36. The molecule has 1 aliphatic carbocycles. The first-order chi connectivity index (χ1) is 19.4. The summed E-state index contributed by atoms with van der Waals surface area (Å²) in [6.45, 7) is 4.56. The van der Waals surface area contributed by atoms with Gasteiger partial charge in [0.15, 0.2) is 23.2 Å². The SMILES string of the molecule is CCCCCCCCOc1ccc(C(=O)OC2CCC(c3ccc(-c4ccc(C)cc4)c(F)c3F)CC2)cc1F. The molecule has 3 aromatic rings. The van der Waals surface area contributed by atoms with Gasteiger partial charge in [0, 0.05) is 5.56 Å². The van der Waals surface area contributed by atoms with Crippen molar-refractivity contribution in [2.24, 2.45) is 0 Å². The molecule has 0 amide bonds. The lowest BCUT2D eigenvalue weighted by atomic mass is 9.82. The quantitative estimate of drug-likeness (QED) is 0.166. The van der Waals surface area contributed by atoms with Gasteiger partial charge in [-0.1, -0.05) is 81.0 Å². The summed E-state index contributed by atoms with van der Waals surface area (Å²) < 4.78 is 55.7. The molecule has 0 saturated heterocycles. The van der Waals surface area contributed by atoms with Gasteiger partial charge in [0.25, 0.3) is 0 Å². The second-order valence-corrected chi connectivity index (χ2v) is 10.8. The standard InChI is InChI=1S/C34H39F3O3/c1-3-4-5-6-7-8-21-39-31-20-15-26(22-30(31)35)34(38)40-27-16-13-25(14-17-27)29-19-18-28(32(36)33(29)37)24-11-9-23(2)10-12-24/h9-12,15,18-20,22,25,27H,3-8,13-14,16-17,21H2,1-2H3. The number of carbonyl (C=O) groups excluding carboxylic acids is 1. The van der Waals surface area contributed by atoms with Crippen LogP contribution in [-0.4, -0.2) is 18.7 Å². The van der Waals surface area contributed by atoms with Crippen LogP contribution in [0.25, 0.3) is 11.1 Å². The van der Waals surface area contributed by atoms with Gasteiger partial charge in [-0.2, -0.15) is 0 Å². The van der Waals surface area contributed by atoms with Crippen LogP contribution in [-0.2, 0) is 4.74 Å². The number of rotatable bonds is 12. The number of benzene rings is 3. The number of aryl methyl sites for hydroxylation is 1. The third-order valence-electron chi connectivity index (χ3n) is 7.79. The van der Waals surface area contributed by atoms with Crippen LogP contribution in [0.5, 0.6) is 5.75 Å². The topological polar surface area (TPSA) is 35.5 Å². The lowest BCUT2D eigenvalue weighted by Gasteiger charge is -2.29. The van der Waals surface area contributed by atoms with Crippen molar-refractivity contribution >= 4 is 5.97 Å². The van der Waals surface area contributed by atoms with E-state index in [9.17, 15) is 13.6 Å². The first-order valence-electron chi connectivity index (χ1n) is 14.6. The fraction of sp³-hybridized carbons (Fsp3) is 0.441.